The Bertz CT molecular complexity index is 347. The van der Waals surface area contributed by atoms with Crippen molar-refractivity contribution in [3.05, 3.63) is 0 Å². The Kier molecular flexibility index (Phi) is 8.30. The molecule has 0 aromatic carbocycles. The van der Waals surface area contributed by atoms with E-state index in [0.29, 0.717) is 6.61 Å². The third-order valence-electron chi connectivity index (χ3n) is 2.89. The standard InChI is InChI=1S/C12H22N2O6/c1-9(11(16)17)13(2)12(18)14(7-8-19-3)6-5-10(15)20-4/h9H,5-8H2,1-4H3,(H,16,17). The predicted molar refractivity (Wildman–Crippen MR) is 70.3 cm³/mol. The molecule has 0 aromatic rings. The van der Waals surface area contributed by atoms with Gasteiger partial charge in [0.25, 0.3) is 0 Å². The highest BCUT2D eigenvalue weighted by atomic mass is 16.5. The van der Waals surface area contributed by atoms with Crippen molar-refractivity contribution in [3.8, 4) is 0 Å². The number of hydrogen-bond acceptors (Lipinski definition) is 5. The van der Waals surface area contributed by atoms with Crippen molar-refractivity contribution in [1.82, 2.24) is 9.80 Å². The Hall–Kier alpha value is -1.83. The van der Waals surface area contributed by atoms with Crippen LogP contribution >= 0.6 is 0 Å². The van der Waals surface area contributed by atoms with Crippen LogP contribution < -0.4 is 0 Å². The molecule has 1 N–H and O–H groups in total. The largest absolute Gasteiger partial charge is 0.480 e. The van der Waals surface area contributed by atoms with Crippen LogP contribution in [0, 0.1) is 0 Å². The molecule has 1 unspecified atom stereocenters. The third-order valence-corrected chi connectivity index (χ3v) is 2.89. The fourth-order valence-corrected chi connectivity index (χ4v) is 1.39. The highest BCUT2D eigenvalue weighted by Crippen LogP contribution is 2.04. The molecule has 0 aliphatic heterocycles. The summed E-state index contributed by atoms with van der Waals surface area (Å²) in [5.41, 5.74) is 0. The summed E-state index contributed by atoms with van der Waals surface area (Å²) in [5, 5.41) is 8.90. The van der Waals surface area contributed by atoms with Crippen molar-refractivity contribution >= 4 is 18.0 Å². The van der Waals surface area contributed by atoms with Gasteiger partial charge in [0.1, 0.15) is 6.04 Å². The summed E-state index contributed by atoms with van der Waals surface area (Å²) in [7, 11) is 4.16. The Morgan fingerprint density at radius 1 is 1.20 bits per heavy atom. The van der Waals surface area contributed by atoms with Gasteiger partial charge in [-0.3, -0.25) is 4.79 Å². The molecule has 0 saturated carbocycles. The van der Waals surface area contributed by atoms with E-state index in [2.05, 4.69) is 4.74 Å². The van der Waals surface area contributed by atoms with Gasteiger partial charge in [-0.1, -0.05) is 0 Å². The van der Waals surface area contributed by atoms with Crippen molar-refractivity contribution in [3.63, 3.8) is 0 Å². The van der Waals surface area contributed by atoms with E-state index in [1.807, 2.05) is 0 Å². The maximum Gasteiger partial charge on any atom is 0.326 e. The first-order chi connectivity index (χ1) is 9.34. The average Bonchev–Trinajstić information content (AvgIpc) is 2.44. The lowest BCUT2D eigenvalue weighted by Gasteiger charge is -2.30. The molecule has 0 aliphatic rings. The fourth-order valence-electron chi connectivity index (χ4n) is 1.39. The van der Waals surface area contributed by atoms with E-state index in [0.717, 1.165) is 4.90 Å². The van der Waals surface area contributed by atoms with E-state index >= 15 is 0 Å². The van der Waals surface area contributed by atoms with Crippen molar-refractivity contribution < 1.29 is 29.0 Å². The van der Waals surface area contributed by atoms with Crippen LogP contribution in [0.25, 0.3) is 0 Å². The summed E-state index contributed by atoms with van der Waals surface area (Å²) in [5.74, 6) is -1.53. The molecule has 0 rings (SSSR count). The van der Waals surface area contributed by atoms with Gasteiger partial charge in [-0.25, -0.2) is 9.59 Å². The fraction of sp³-hybridized carbons (Fsp3) is 0.750. The van der Waals surface area contributed by atoms with Crippen LogP contribution in [0.3, 0.4) is 0 Å². The number of hydrogen-bond donors (Lipinski definition) is 1. The minimum atomic E-state index is -1.10. The molecule has 0 saturated heterocycles. The zero-order chi connectivity index (χ0) is 15.7. The monoisotopic (exact) mass is 290 g/mol. The van der Waals surface area contributed by atoms with Crippen molar-refractivity contribution in [2.75, 3.05) is 41.0 Å². The number of methoxy groups -OCH3 is 2. The van der Waals surface area contributed by atoms with Crippen molar-refractivity contribution in [2.24, 2.45) is 0 Å². The number of carbonyl (C=O) groups excluding carboxylic acids is 2. The number of esters is 1. The van der Waals surface area contributed by atoms with Gasteiger partial charge in [0.15, 0.2) is 0 Å². The number of likely N-dealkylation sites (N-methyl/N-ethyl adjacent to an activating group) is 1. The second-order valence-electron chi connectivity index (χ2n) is 4.21. The highest BCUT2D eigenvalue weighted by molar-refractivity contribution is 5.82. The third kappa shape index (κ3) is 5.87. The zero-order valence-electron chi connectivity index (χ0n) is 12.3. The van der Waals surface area contributed by atoms with Crippen molar-refractivity contribution in [2.45, 2.75) is 19.4 Å². The lowest BCUT2D eigenvalue weighted by atomic mass is 10.3. The van der Waals surface area contributed by atoms with E-state index < -0.39 is 24.0 Å². The van der Waals surface area contributed by atoms with Crippen LogP contribution in [-0.2, 0) is 19.1 Å². The number of ether oxygens (including phenoxy) is 2. The summed E-state index contributed by atoms with van der Waals surface area (Å²) < 4.78 is 9.41. The zero-order valence-corrected chi connectivity index (χ0v) is 12.3. The van der Waals surface area contributed by atoms with E-state index in [4.69, 9.17) is 9.84 Å². The van der Waals surface area contributed by atoms with Gasteiger partial charge < -0.3 is 24.4 Å². The molecule has 0 aromatic heterocycles. The number of carboxylic acids is 1. The molecule has 116 valence electrons. The maximum absolute atomic E-state index is 12.2. The molecule has 0 spiro atoms. The number of nitrogens with zero attached hydrogens (tertiary/aromatic N) is 2. The first-order valence-corrected chi connectivity index (χ1v) is 6.15. The number of rotatable bonds is 8. The Morgan fingerprint density at radius 3 is 2.25 bits per heavy atom. The lowest BCUT2D eigenvalue weighted by molar-refractivity contribution is -0.142. The number of carbonyl (C=O) groups is 3. The second kappa shape index (κ2) is 9.13. The first-order valence-electron chi connectivity index (χ1n) is 6.15. The molecule has 1 atom stereocenters. The van der Waals surface area contributed by atoms with Gasteiger partial charge in [0, 0.05) is 27.2 Å². The van der Waals surface area contributed by atoms with Gasteiger partial charge in [-0.2, -0.15) is 0 Å². The van der Waals surface area contributed by atoms with Gasteiger partial charge >= 0.3 is 18.0 Å². The number of urea groups is 1. The van der Waals surface area contributed by atoms with Gasteiger partial charge in [0.2, 0.25) is 0 Å². The Balaban J connectivity index is 4.69. The topological polar surface area (TPSA) is 96.4 Å². The average molecular weight is 290 g/mol. The summed E-state index contributed by atoms with van der Waals surface area (Å²) in [6.07, 6.45) is 0.0429. The molecule has 8 nitrogen and oxygen atoms in total. The molecule has 0 aliphatic carbocycles. The predicted octanol–water partition coefficient (Wildman–Crippen LogP) is 0.0228. The molecule has 0 bridgehead atoms. The van der Waals surface area contributed by atoms with Gasteiger partial charge in [-0.05, 0) is 6.92 Å². The molecular formula is C12H22N2O6. The van der Waals surface area contributed by atoms with Crippen LogP contribution in [0.5, 0.6) is 0 Å². The van der Waals surface area contributed by atoms with E-state index in [1.54, 1.807) is 0 Å². The maximum atomic E-state index is 12.2. The van der Waals surface area contributed by atoms with Crippen LogP contribution in [-0.4, -0.2) is 79.9 Å². The molecule has 8 heteroatoms. The summed E-state index contributed by atoms with van der Waals surface area (Å²) in [6.45, 7) is 2.12. The second-order valence-corrected chi connectivity index (χ2v) is 4.21. The van der Waals surface area contributed by atoms with E-state index in [-0.39, 0.29) is 19.5 Å². The lowest BCUT2D eigenvalue weighted by Crippen LogP contribution is -2.49. The van der Waals surface area contributed by atoms with Crippen LogP contribution in [0.15, 0.2) is 0 Å². The molecule has 2 amide bonds. The number of amides is 2. The van der Waals surface area contributed by atoms with Gasteiger partial charge in [-0.15, -0.1) is 0 Å². The molecular weight excluding hydrogens is 268 g/mol. The summed E-state index contributed by atoms with van der Waals surface area (Å²) in [4.78, 5) is 36.7. The Labute approximate surface area is 118 Å². The number of carboxylic acid groups (broad SMARTS) is 1. The first kappa shape index (κ1) is 18.2. The summed E-state index contributed by atoms with van der Waals surface area (Å²) >= 11 is 0. The van der Waals surface area contributed by atoms with Crippen LogP contribution in [0.1, 0.15) is 13.3 Å². The van der Waals surface area contributed by atoms with Crippen molar-refractivity contribution in [1.29, 1.82) is 0 Å². The highest BCUT2D eigenvalue weighted by Gasteiger charge is 2.26. The minimum absolute atomic E-state index is 0.0429. The number of aliphatic carboxylic acids is 1. The molecule has 0 fully saturated rings. The SMILES string of the molecule is COCCN(CCC(=O)OC)C(=O)N(C)C(C)C(=O)O. The van der Waals surface area contributed by atoms with Crippen LogP contribution in [0.4, 0.5) is 4.79 Å². The normalized spacial score (nSPS) is 11.6. The summed E-state index contributed by atoms with van der Waals surface area (Å²) in [6, 6.07) is -1.42. The minimum Gasteiger partial charge on any atom is -0.480 e. The quantitative estimate of drug-likeness (QED) is 0.633. The van der Waals surface area contributed by atoms with Gasteiger partial charge in [0.05, 0.1) is 20.1 Å². The smallest absolute Gasteiger partial charge is 0.326 e. The van der Waals surface area contributed by atoms with E-state index in [1.165, 1.54) is 33.1 Å². The molecule has 0 radical (unpaired) electrons. The van der Waals surface area contributed by atoms with E-state index in [9.17, 15) is 14.4 Å². The van der Waals surface area contributed by atoms with Crippen LogP contribution in [0.2, 0.25) is 0 Å². The Morgan fingerprint density at radius 2 is 1.80 bits per heavy atom. The molecule has 0 heterocycles. The molecule has 20 heavy (non-hydrogen) atoms.